The van der Waals surface area contributed by atoms with Crippen molar-refractivity contribution in [2.75, 3.05) is 11.4 Å². The number of anilines is 1. The van der Waals surface area contributed by atoms with Crippen LogP contribution < -0.4 is 9.62 Å². The quantitative estimate of drug-likeness (QED) is 0.559. The average Bonchev–Trinajstić information content (AvgIpc) is 2.65. The molecule has 16 heavy (non-hydrogen) atoms. The van der Waals surface area contributed by atoms with Gasteiger partial charge in [0.05, 0.1) is 11.9 Å². The minimum Gasteiger partial charge on any atom is -0.508 e. The highest BCUT2D eigenvalue weighted by Gasteiger charge is 2.37. The van der Waals surface area contributed by atoms with Gasteiger partial charge in [0, 0.05) is 12.6 Å². The second-order valence-electron chi connectivity index (χ2n) is 4.17. The minimum atomic E-state index is -2.97. The molecule has 1 aromatic carbocycles. The van der Waals surface area contributed by atoms with Crippen LogP contribution in [-0.2, 0) is 0 Å². The Hall–Kier alpha value is -0.950. The third-order valence-electron chi connectivity index (χ3n) is 3.11. The summed E-state index contributed by atoms with van der Waals surface area (Å²) in [7, 11) is -2.97. The Labute approximate surface area is 95.2 Å². The third kappa shape index (κ3) is 1.38. The maximum absolute atomic E-state index is 9.99. The SMILES string of the molecule is Oc1ccc2c(c1)S(O)(O)NC1CCCN21. The van der Waals surface area contributed by atoms with Crippen molar-refractivity contribution in [1.29, 1.82) is 0 Å². The molecular formula is C10H14N2O3S. The van der Waals surface area contributed by atoms with Gasteiger partial charge in [-0.1, -0.05) is 0 Å². The predicted molar refractivity (Wildman–Crippen MR) is 62.7 cm³/mol. The van der Waals surface area contributed by atoms with Gasteiger partial charge in [0.2, 0.25) is 0 Å². The molecule has 6 heteroatoms. The molecule has 1 saturated heterocycles. The van der Waals surface area contributed by atoms with E-state index in [2.05, 4.69) is 9.62 Å². The van der Waals surface area contributed by atoms with Crippen molar-refractivity contribution in [3.63, 3.8) is 0 Å². The molecule has 2 heterocycles. The van der Waals surface area contributed by atoms with E-state index in [0.29, 0.717) is 4.90 Å². The number of hydrogen-bond acceptors (Lipinski definition) is 5. The molecule has 3 rings (SSSR count). The Morgan fingerprint density at radius 3 is 3.00 bits per heavy atom. The Bertz CT molecular complexity index is 438. The van der Waals surface area contributed by atoms with E-state index in [9.17, 15) is 14.2 Å². The van der Waals surface area contributed by atoms with E-state index in [1.165, 1.54) is 6.07 Å². The Kier molecular flexibility index (Phi) is 2.09. The molecule has 1 atom stereocenters. The second kappa shape index (κ2) is 3.27. The lowest BCUT2D eigenvalue weighted by Crippen LogP contribution is -2.46. The molecule has 4 N–H and O–H groups in total. The van der Waals surface area contributed by atoms with Crippen LogP contribution in [0.4, 0.5) is 5.69 Å². The first-order valence-electron chi connectivity index (χ1n) is 5.23. The van der Waals surface area contributed by atoms with Crippen molar-refractivity contribution in [2.24, 2.45) is 0 Å². The molecule has 0 bridgehead atoms. The Balaban J connectivity index is 2.16. The maximum atomic E-state index is 9.99. The number of phenolic OH excluding ortho intramolecular Hbond substituents is 1. The number of rotatable bonds is 0. The normalized spacial score (nSPS) is 28.4. The van der Waals surface area contributed by atoms with E-state index in [4.69, 9.17) is 0 Å². The van der Waals surface area contributed by atoms with Crippen molar-refractivity contribution >= 4 is 16.5 Å². The minimum absolute atomic E-state index is 0.00189. The molecule has 1 aromatic rings. The van der Waals surface area contributed by atoms with Crippen LogP contribution in [0, 0.1) is 0 Å². The maximum Gasteiger partial charge on any atom is 0.117 e. The first kappa shape index (κ1) is 10.2. The fourth-order valence-corrected chi connectivity index (χ4v) is 3.91. The third-order valence-corrected chi connectivity index (χ3v) is 4.65. The van der Waals surface area contributed by atoms with Gasteiger partial charge in [0.1, 0.15) is 10.6 Å². The summed E-state index contributed by atoms with van der Waals surface area (Å²) in [6.45, 7) is 0.908. The summed E-state index contributed by atoms with van der Waals surface area (Å²) in [4.78, 5) is 2.51. The van der Waals surface area contributed by atoms with Gasteiger partial charge in [-0.2, -0.15) is 4.72 Å². The van der Waals surface area contributed by atoms with Gasteiger partial charge in [0.25, 0.3) is 0 Å². The van der Waals surface area contributed by atoms with Gasteiger partial charge in [-0.05, 0) is 25.0 Å². The molecule has 2 aliphatic heterocycles. The molecule has 0 radical (unpaired) electrons. The monoisotopic (exact) mass is 242 g/mol. The molecule has 0 saturated carbocycles. The Morgan fingerprint density at radius 1 is 1.38 bits per heavy atom. The molecule has 0 aromatic heterocycles. The van der Waals surface area contributed by atoms with Crippen molar-refractivity contribution < 1.29 is 14.2 Å². The lowest BCUT2D eigenvalue weighted by atomic mass is 10.2. The number of benzene rings is 1. The van der Waals surface area contributed by atoms with E-state index in [1.54, 1.807) is 12.1 Å². The van der Waals surface area contributed by atoms with Crippen LogP contribution in [0.3, 0.4) is 0 Å². The van der Waals surface area contributed by atoms with Crippen molar-refractivity contribution in [1.82, 2.24) is 4.72 Å². The summed E-state index contributed by atoms with van der Waals surface area (Å²) in [6.07, 6.45) is 1.95. The fourth-order valence-electron chi connectivity index (χ4n) is 2.40. The summed E-state index contributed by atoms with van der Waals surface area (Å²) in [6, 6.07) is 4.75. The first-order valence-corrected chi connectivity index (χ1v) is 6.78. The van der Waals surface area contributed by atoms with Gasteiger partial charge in [-0.3, -0.25) is 9.11 Å². The predicted octanol–water partition coefficient (Wildman–Crippen LogP) is 1.95. The zero-order valence-electron chi connectivity index (χ0n) is 8.63. The fraction of sp³-hybridized carbons (Fsp3) is 0.400. The highest BCUT2D eigenvalue weighted by Crippen LogP contribution is 2.55. The highest BCUT2D eigenvalue weighted by atomic mass is 32.3. The molecule has 0 amide bonds. The number of aromatic hydroxyl groups is 1. The van der Waals surface area contributed by atoms with E-state index < -0.39 is 10.8 Å². The standard InChI is InChI=1S/C10H14N2O3S/c13-7-3-4-8-9(6-7)16(14,15)11-10-2-1-5-12(8)10/h3-4,6,10-11,13-15H,1-2,5H2. The lowest BCUT2D eigenvalue weighted by Gasteiger charge is -2.46. The highest BCUT2D eigenvalue weighted by molar-refractivity contribution is 8.22. The molecule has 5 nitrogen and oxygen atoms in total. The number of nitrogens with zero attached hydrogens (tertiary/aromatic N) is 1. The largest absolute Gasteiger partial charge is 0.508 e. The van der Waals surface area contributed by atoms with Crippen LogP contribution in [0.2, 0.25) is 0 Å². The molecule has 0 spiro atoms. The van der Waals surface area contributed by atoms with E-state index in [1.807, 2.05) is 0 Å². The molecular weight excluding hydrogens is 228 g/mol. The molecule has 2 aliphatic rings. The summed E-state index contributed by atoms with van der Waals surface area (Å²) >= 11 is 0. The number of hydrogen-bond donors (Lipinski definition) is 4. The summed E-state index contributed by atoms with van der Waals surface area (Å²) in [5.41, 5.74) is 0.819. The summed E-state index contributed by atoms with van der Waals surface area (Å²) < 4.78 is 22.8. The van der Waals surface area contributed by atoms with E-state index >= 15 is 0 Å². The van der Waals surface area contributed by atoms with Crippen LogP contribution in [0.1, 0.15) is 12.8 Å². The van der Waals surface area contributed by atoms with E-state index in [-0.39, 0.29) is 11.9 Å². The smallest absolute Gasteiger partial charge is 0.117 e. The zero-order chi connectivity index (χ0) is 11.3. The van der Waals surface area contributed by atoms with Crippen molar-refractivity contribution in [3.8, 4) is 5.75 Å². The number of phenols is 1. The zero-order valence-corrected chi connectivity index (χ0v) is 9.44. The molecule has 1 fully saturated rings. The van der Waals surface area contributed by atoms with Gasteiger partial charge in [-0.15, -0.1) is 10.8 Å². The topological polar surface area (TPSA) is 76.0 Å². The van der Waals surface area contributed by atoms with E-state index in [0.717, 1.165) is 25.1 Å². The van der Waals surface area contributed by atoms with Crippen LogP contribution in [0.15, 0.2) is 23.1 Å². The number of nitrogens with one attached hydrogen (secondary N) is 1. The van der Waals surface area contributed by atoms with Gasteiger partial charge in [0.15, 0.2) is 0 Å². The number of fused-ring (bicyclic) bond motifs is 3. The van der Waals surface area contributed by atoms with Crippen LogP contribution in [-0.4, -0.2) is 26.9 Å². The van der Waals surface area contributed by atoms with Crippen molar-refractivity contribution in [3.05, 3.63) is 18.2 Å². The van der Waals surface area contributed by atoms with Gasteiger partial charge < -0.3 is 10.0 Å². The Morgan fingerprint density at radius 2 is 2.19 bits per heavy atom. The van der Waals surface area contributed by atoms with Crippen LogP contribution >= 0.6 is 10.8 Å². The first-order chi connectivity index (χ1) is 7.58. The molecule has 1 unspecified atom stereocenters. The summed E-state index contributed by atoms with van der Waals surface area (Å²) in [5.74, 6) is 0.0539. The van der Waals surface area contributed by atoms with Crippen molar-refractivity contribution in [2.45, 2.75) is 23.9 Å². The molecule has 0 aliphatic carbocycles. The molecule has 88 valence electrons. The lowest BCUT2D eigenvalue weighted by molar-refractivity contribution is 0.438. The second-order valence-corrected chi connectivity index (χ2v) is 5.94. The van der Waals surface area contributed by atoms with Gasteiger partial charge in [-0.25, -0.2) is 0 Å². The van der Waals surface area contributed by atoms with Crippen LogP contribution in [0.5, 0.6) is 5.75 Å². The average molecular weight is 242 g/mol. The summed E-state index contributed by atoms with van der Waals surface area (Å²) in [5, 5.41) is 9.41. The van der Waals surface area contributed by atoms with Gasteiger partial charge >= 0.3 is 0 Å². The van der Waals surface area contributed by atoms with Crippen LogP contribution in [0.25, 0.3) is 0 Å².